The fourth-order valence-corrected chi connectivity index (χ4v) is 3.76. The van der Waals surface area contributed by atoms with Crippen LogP contribution in [-0.2, 0) is 9.53 Å². The van der Waals surface area contributed by atoms with Crippen molar-refractivity contribution in [2.75, 3.05) is 17.7 Å². The first-order valence-electron chi connectivity index (χ1n) is 9.44. The van der Waals surface area contributed by atoms with Gasteiger partial charge in [0.2, 0.25) is 0 Å². The van der Waals surface area contributed by atoms with Crippen LogP contribution >= 0.6 is 34.8 Å². The number of hydrogen-bond acceptors (Lipinski definition) is 6. The van der Waals surface area contributed by atoms with Gasteiger partial charge in [-0.2, -0.15) is 0 Å². The number of halogens is 3. The van der Waals surface area contributed by atoms with E-state index in [2.05, 4.69) is 15.6 Å². The normalized spacial score (nSPS) is 13.6. The summed E-state index contributed by atoms with van der Waals surface area (Å²) in [4.78, 5) is 40.9. The van der Waals surface area contributed by atoms with Gasteiger partial charge in [-0.1, -0.05) is 59.8 Å². The molecule has 1 aliphatic rings. The predicted molar refractivity (Wildman–Crippen MR) is 119 cm³/mol. The number of para-hydroxylation sites is 1. The number of pyridine rings is 1. The van der Waals surface area contributed by atoms with Crippen molar-refractivity contribution in [2.24, 2.45) is 0 Å². The van der Waals surface area contributed by atoms with Crippen molar-refractivity contribution in [2.45, 2.75) is 31.7 Å². The smallest absolute Gasteiger partial charge is 0.359 e. The first-order chi connectivity index (χ1) is 14.8. The molecule has 0 bridgehead atoms. The van der Waals surface area contributed by atoms with Gasteiger partial charge in [0.15, 0.2) is 17.5 Å². The van der Waals surface area contributed by atoms with Gasteiger partial charge in [0.25, 0.3) is 11.8 Å². The van der Waals surface area contributed by atoms with Crippen molar-refractivity contribution in [3.05, 3.63) is 50.7 Å². The van der Waals surface area contributed by atoms with Crippen LogP contribution in [0.5, 0.6) is 0 Å². The van der Waals surface area contributed by atoms with E-state index >= 15 is 0 Å². The van der Waals surface area contributed by atoms with Gasteiger partial charge in [-0.25, -0.2) is 9.78 Å². The van der Waals surface area contributed by atoms with Gasteiger partial charge in [0.1, 0.15) is 5.02 Å². The highest BCUT2D eigenvalue weighted by Gasteiger charge is 2.23. The second kappa shape index (κ2) is 10.2. The molecule has 1 aromatic heterocycles. The Hall–Kier alpha value is -2.55. The maximum atomic E-state index is 12.6. The number of aromatic nitrogens is 1. The molecule has 0 saturated heterocycles. The summed E-state index contributed by atoms with van der Waals surface area (Å²) in [5, 5.41) is 5.00. The molecule has 0 atom stereocenters. The van der Waals surface area contributed by atoms with Gasteiger partial charge >= 0.3 is 5.97 Å². The Morgan fingerprint density at radius 3 is 2.48 bits per heavy atom. The van der Waals surface area contributed by atoms with Crippen molar-refractivity contribution in [1.82, 2.24) is 10.3 Å². The summed E-state index contributed by atoms with van der Waals surface area (Å²) in [7, 11) is 0. The number of carbonyl (C=O) groups excluding carboxylic acids is 3. The van der Waals surface area contributed by atoms with Crippen molar-refractivity contribution >= 4 is 64.0 Å². The van der Waals surface area contributed by atoms with Gasteiger partial charge in [0, 0.05) is 6.04 Å². The number of anilines is 2. The molecule has 1 saturated carbocycles. The molecule has 0 unspecified atom stereocenters. The summed E-state index contributed by atoms with van der Waals surface area (Å²) in [6.07, 6.45) is 4.04. The van der Waals surface area contributed by atoms with Crippen molar-refractivity contribution in [3.63, 3.8) is 0 Å². The van der Waals surface area contributed by atoms with Crippen LogP contribution < -0.4 is 16.4 Å². The summed E-state index contributed by atoms with van der Waals surface area (Å²) >= 11 is 17.6. The van der Waals surface area contributed by atoms with Gasteiger partial charge in [0.05, 0.1) is 22.0 Å². The van der Waals surface area contributed by atoms with Gasteiger partial charge in [-0.15, -0.1) is 0 Å². The Bertz CT molecular complexity index is 1030. The lowest BCUT2D eigenvalue weighted by molar-refractivity contribution is -0.119. The molecule has 8 nitrogen and oxygen atoms in total. The summed E-state index contributed by atoms with van der Waals surface area (Å²) < 4.78 is 4.94. The van der Waals surface area contributed by atoms with Crippen LogP contribution in [-0.4, -0.2) is 35.4 Å². The molecule has 4 N–H and O–H groups in total. The number of benzene rings is 1. The molecule has 11 heteroatoms. The number of rotatable bonds is 6. The van der Waals surface area contributed by atoms with Crippen molar-refractivity contribution in [3.8, 4) is 0 Å². The largest absolute Gasteiger partial charge is 0.451 e. The summed E-state index contributed by atoms with van der Waals surface area (Å²) in [5.74, 6) is -1.93. The molecule has 2 aromatic rings. The van der Waals surface area contributed by atoms with Crippen LogP contribution in [0.4, 0.5) is 11.4 Å². The van der Waals surface area contributed by atoms with Crippen LogP contribution in [0.15, 0.2) is 24.3 Å². The standard InChI is InChI=1S/C20H19Cl3N4O4/c21-14-16(24)15(22)18(23)27-17(14)20(30)31-9-13(28)26-12-8-4-3-7-11(12)19(29)25-10-5-1-2-6-10/h3-4,7-8,10H,1-2,5-6,9H2,(H2,24,27)(H,25,29)(H,26,28). The lowest BCUT2D eigenvalue weighted by Crippen LogP contribution is -2.33. The summed E-state index contributed by atoms with van der Waals surface area (Å²) in [5.41, 5.74) is 5.80. The average molecular weight is 486 g/mol. The molecule has 0 spiro atoms. The molecule has 164 valence electrons. The quantitative estimate of drug-likeness (QED) is 0.418. The Morgan fingerprint density at radius 2 is 1.77 bits per heavy atom. The van der Waals surface area contributed by atoms with E-state index < -0.39 is 18.5 Å². The Kier molecular flexibility index (Phi) is 7.59. The van der Waals surface area contributed by atoms with Crippen LogP contribution in [0, 0.1) is 0 Å². The molecule has 1 fully saturated rings. The van der Waals surface area contributed by atoms with Crippen LogP contribution in [0.25, 0.3) is 0 Å². The molecular formula is C20H19Cl3N4O4. The summed E-state index contributed by atoms with van der Waals surface area (Å²) in [6.45, 7) is -0.643. The third-order valence-electron chi connectivity index (χ3n) is 4.74. The van der Waals surface area contributed by atoms with Gasteiger partial charge < -0.3 is 21.1 Å². The molecule has 1 aromatic carbocycles. The molecule has 0 radical (unpaired) electrons. The average Bonchev–Trinajstić information content (AvgIpc) is 3.26. The third-order valence-corrected chi connectivity index (χ3v) is 5.87. The van der Waals surface area contributed by atoms with Crippen LogP contribution in [0.2, 0.25) is 15.2 Å². The molecule has 0 aliphatic heterocycles. The fourth-order valence-electron chi connectivity index (χ4n) is 3.18. The third kappa shape index (κ3) is 5.58. The Balaban J connectivity index is 1.63. The lowest BCUT2D eigenvalue weighted by atomic mass is 10.1. The number of amides is 2. The van der Waals surface area contributed by atoms with E-state index in [4.69, 9.17) is 45.3 Å². The summed E-state index contributed by atoms with van der Waals surface area (Å²) in [6, 6.07) is 6.70. The molecule has 1 heterocycles. The molecule has 31 heavy (non-hydrogen) atoms. The van der Waals surface area contributed by atoms with E-state index in [0.717, 1.165) is 25.7 Å². The zero-order chi connectivity index (χ0) is 22.5. The zero-order valence-electron chi connectivity index (χ0n) is 16.2. The number of hydrogen-bond donors (Lipinski definition) is 3. The maximum absolute atomic E-state index is 12.6. The SMILES string of the molecule is Nc1c(Cl)c(Cl)nc(C(=O)OCC(=O)Nc2ccccc2C(=O)NC2CCCC2)c1Cl. The maximum Gasteiger partial charge on any atom is 0.359 e. The minimum absolute atomic E-state index is 0.0894. The monoisotopic (exact) mass is 484 g/mol. The number of nitrogens with two attached hydrogens (primary N) is 1. The number of carbonyl (C=O) groups is 3. The highest BCUT2D eigenvalue weighted by atomic mass is 35.5. The fraction of sp³-hybridized carbons (Fsp3) is 0.300. The zero-order valence-corrected chi connectivity index (χ0v) is 18.5. The Morgan fingerprint density at radius 1 is 1.10 bits per heavy atom. The van der Waals surface area contributed by atoms with E-state index in [1.165, 1.54) is 0 Å². The minimum atomic E-state index is -1.00. The molecule has 1 aliphatic carbocycles. The van der Waals surface area contributed by atoms with Crippen molar-refractivity contribution in [1.29, 1.82) is 0 Å². The number of nitrogens with zero attached hydrogens (tertiary/aromatic N) is 1. The number of esters is 1. The van der Waals surface area contributed by atoms with E-state index in [0.29, 0.717) is 11.3 Å². The van der Waals surface area contributed by atoms with Crippen LogP contribution in [0.3, 0.4) is 0 Å². The Labute approximate surface area is 193 Å². The van der Waals surface area contributed by atoms with Gasteiger partial charge in [-0.05, 0) is 25.0 Å². The van der Waals surface area contributed by atoms with E-state index in [9.17, 15) is 14.4 Å². The molecule has 2 amide bonds. The van der Waals surface area contributed by atoms with E-state index in [-0.39, 0.29) is 38.5 Å². The second-order valence-electron chi connectivity index (χ2n) is 6.92. The van der Waals surface area contributed by atoms with E-state index in [1.807, 2.05) is 0 Å². The topological polar surface area (TPSA) is 123 Å². The van der Waals surface area contributed by atoms with Crippen LogP contribution in [0.1, 0.15) is 46.5 Å². The minimum Gasteiger partial charge on any atom is -0.451 e. The number of nitrogens with one attached hydrogen (secondary N) is 2. The number of nitrogen functional groups attached to an aromatic ring is 1. The van der Waals surface area contributed by atoms with Gasteiger partial charge in [-0.3, -0.25) is 9.59 Å². The highest BCUT2D eigenvalue weighted by Crippen LogP contribution is 2.34. The first-order valence-corrected chi connectivity index (χ1v) is 10.6. The second-order valence-corrected chi connectivity index (χ2v) is 8.03. The predicted octanol–water partition coefficient (Wildman–Crippen LogP) is 4.09. The first kappa shape index (κ1) is 23.1. The van der Waals surface area contributed by atoms with E-state index in [1.54, 1.807) is 24.3 Å². The molecular weight excluding hydrogens is 467 g/mol. The highest BCUT2D eigenvalue weighted by molar-refractivity contribution is 6.46. The lowest BCUT2D eigenvalue weighted by Gasteiger charge is -2.15. The molecule has 3 rings (SSSR count). The van der Waals surface area contributed by atoms with Crippen molar-refractivity contribution < 1.29 is 19.1 Å². The number of ether oxygens (including phenoxy) is 1.